The number of carbonyl (C=O) groups excluding carboxylic acids is 1. The van der Waals surface area contributed by atoms with Gasteiger partial charge < -0.3 is 4.74 Å². The van der Waals surface area contributed by atoms with Crippen LogP contribution in [0.25, 0.3) is 10.9 Å². The van der Waals surface area contributed by atoms with Crippen LogP contribution >= 0.6 is 11.8 Å². The van der Waals surface area contributed by atoms with Crippen LogP contribution in [0.1, 0.15) is 22.8 Å². The molecule has 1 aromatic heterocycles. The van der Waals surface area contributed by atoms with Crippen LogP contribution in [0.4, 0.5) is 0 Å². The van der Waals surface area contributed by atoms with Gasteiger partial charge in [0.25, 0.3) is 0 Å². The Balaban J connectivity index is 1.84. The second-order valence-corrected chi connectivity index (χ2v) is 6.28. The molecule has 0 amide bonds. The quantitative estimate of drug-likeness (QED) is 0.485. The molecule has 25 heavy (non-hydrogen) atoms. The molecular weight excluding hydrogens is 332 g/mol. The van der Waals surface area contributed by atoms with Gasteiger partial charge in [0, 0.05) is 10.9 Å². The molecule has 3 rings (SSSR count). The Hall–Kier alpha value is -2.84. The molecule has 0 unspecified atom stereocenters. The molecule has 0 saturated heterocycles. The lowest BCUT2D eigenvalue weighted by Gasteiger charge is -2.08. The average Bonchev–Trinajstić information content (AvgIpc) is 2.66. The van der Waals surface area contributed by atoms with Crippen LogP contribution < -0.4 is 4.74 Å². The maximum atomic E-state index is 12.2. The lowest BCUT2D eigenvalue weighted by molar-refractivity contribution is 0.102. The summed E-state index contributed by atoms with van der Waals surface area (Å²) in [5.74, 6) is 1.01. The van der Waals surface area contributed by atoms with E-state index in [-0.39, 0.29) is 11.5 Å². The Bertz CT molecular complexity index is 949. The predicted octanol–water partition coefficient (Wildman–Crippen LogP) is 4.48. The minimum atomic E-state index is 0.0167. The van der Waals surface area contributed by atoms with Crippen molar-refractivity contribution in [1.29, 1.82) is 5.26 Å². The zero-order valence-corrected chi connectivity index (χ0v) is 14.5. The smallest absolute Gasteiger partial charge is 0.173 e. The number of ketones is 1. The van der Waals surface area contributed by atoms with Gasteiger partial charge in [-0.05, 0) is 31.2 Å². The van der Waals surface area contributed by atoms with Crippen molar-refractivity contribution in [1.82, 2.24) is 4.98 Å². The number of benzene rings is 2. The van der Waals surface area contributed by atoms with Crippen molar-refractivity contribution in [2.75, 3.05) is 12.4 Å². The fourth-order valence-corrected chi connectivity index (χ4v) is 3.28. The highest BCUT2D eigenvalue weighted by Gasteiger charge is 2.12. The number of carbonyl (C=O) groups is 1. The third kappa shape index (κ3) is 3.98. The van der Waals surface area contributed by atoms with Gasteiger partial charge in [-0.1, -0.05) is 42.1 Å². The van der Waals surface area contributed by atoms with Crippen molar-refractivity contribution in [3.8, 4) is 11.8 Å². The molecule has 4 nitrogen and oxygen atoms in total. The zero-order valence-electron chi connectivity index (χ0n) is 13.7. The van der Waals surface area contributed by atoms with E-state index < -0.39 is 0 Å². The summed E-state index contributed by atoms with van der Waals surface area (Å²) < 4.78 is 5.49. The molecule has 124 valence electrons. The fourth-order valence-electron chi connectivity index (χ4n) is 2.42. The van der Waals surface area contributed by atoms with Crippen LogP contribution in [0, 0.1) is 11.3 Å². The Labute approximate surface area is 150 Å². The second kappa shape index (κ2) is 7.82. The largest absolute Gasteiger partial charge is 0.494 e. The van der Waals surface area contributed by atoms with Crippen molar-refractivity contribution < 1.29 is 9.53 Å². The molecule has 0 atom stereocenters. The molecule has 0 aliphatic heterocycles. The predicted molar refractivity (Wildman–Crippen MR) is 99.1 cm³/mol. The van der Waals surface area contributed by atoms with Crippen molar-refractivity contribution in [2.24, 2.45) is 0 Å². The van der Waals surface area contributed by atoms with Gasteiger partial charge in [-0.15, -0.1) is 0 Å². The first kappa shape index (κ1) is 17.0. The van der Waals surface area contributed by atoms with E-state index in [1.165, 1.54) is 11.8 Å². The van der Waals surface area contributed by atoms with Gasteiger partial charge in [-0.3, -0.25) is 4.79 Å². The summed E-state index contributed by atoms with van der Waals surface area (Å²) in [5, 5.41) is 10.8. The standard InChI is InChI=1S/C20H16N2O2S/c1-2-24-17-8-9-18-15(11-17)10-16(12-21)20(22-18)25-13-19(23)14-6-4-3-5-7-14/h3-11H,2,13H2,1H3. The van der Waals surface area contributed by atoms with Gasteiger partial charge in [0.1, 0.15) is 16.8 Å². The number of nitriles is 1. The highest BCUT2D eigenvalue weighted by Crippen LogP contribution is 2.27. The number of hydrogen-bond donors (Lipinski definition) is 0. The van der Waals surface area contributed by atoms with E-state index in [1.807, 2.05) is 43.3 Å². The summed E-state index contributed by atoms with van der Waals surface area (Å²) in [7, 11) is 0. The van der Waals surface area contributed by atoms with Crippen molar-refractivity contribution in [3.05, 3.63) is 65.7 Å². The van der Waals surface area contributed by atoms with Crippen LogP contribution in [0.2, 0.25) is 0 Å². The maximum absolute atomic E-state index is 12.2. The van der Waals surface area contributed by atoms with Crippen LogP contribution in [0.15, 0.2) is 59.6 Å². The number of rotatable bonds is 6. The number of aromatic nitrogens is 1. The van der Waals surface area contributed by atoms with E-state index in [0.717, 1.165) is 16.7 Å². The highest BCUT2D eigenvalue weighted by atomic mass is 32.2. The van der Waals surface area contributed by atoms with E-state index in [1.54, 1.807) is 18.2 Å². The SMILES string of the molecule is CCOc1ccc2nc(SCC(=O)c3ccccc3)c(C#N)cc2c1. The molecule has 5 heteroatoms. The topological polar surface area (TPSA) is 63.0 Å². The van der Waals surface area contributed by atoms with Crippen molar-refractivity contribution in [2.45, 2.75) is 11.9 Å². The van der Waals surface area contributed by atoms with Gasteiger partial charge >= 0.3 is 0 Å². The molecule has 0 spiro atoms. The monoisotopic (exact) mass is 348 g/mol. The molecule has 0 N–H and O–H groups in total. The van der Waals surface area contributed by atoms with Crippen LogP contribution in [-0.2, 0) is 0 Å². The minimum Gasteiger partial charge on any atom is -0.494 e. The molecule has 3 aromatic rings. The second-order valence-electron chi connectivity index (χ2n) is 5.32. The average molecular weight is 348 g/mol. The Morgan fingerprint density at radius 2 is 2.00 bits per heavy atom. The maximum Gasteiger partial charge on any atom is 0.173 e. The first-order valence-electron chi connectivity index (χ1n) is 7.90. The first-order chi connectivity index (χ1) is 12.2. The summed E-state index contributed by atoms with van der Waals surface area (Å²) in [6.07, 6.45) is 0. The zero-order chi connectivity index (χ0) is 17.6. The van der Waals surface area contributed by atoms with E-state index in [2.05, 4.69) is 11.1 Å². The lowest BCUT2D eigenvalue weighted by Crippen LogP contribution is -2.03. The Morgan fingerprint density at radius 1 is 1.20 bits per heavy atom. The van der Waals surface area contributed by atoms with Gasteiger partial charge in [0.15, 0.2) is 5.78 Å². The van der Waals surface area contributed by atoms with Gasteiger partial charge in [0.05, 0.1) is 23.4 Å². The van der Waals surface area contributed by atoms with Crippen molar-refractivity contribution >= 4 is 28.4 Å². The lowest BCUT2D eigenvalue weighted by atomic mass is 10.1. The molecule has 0 radical (unpaired) electrons. The van der Waals surface area contributed by atoms with Gasteiger partial charge in [-0.2, -0.15) is 5.26 Å². The third-order valence-electron chi connectivity index (χ3n) is 3.62. The fraction of sp³-hybridized carbons (Fsp3) is 0.150. The van der Waals surface area contributed by atoms with Crippen LogP contribution in [0.3, 0.4) is 0 Å². The summed E-state index contributed by atoms with van der Waals surface area (Å²) in [6.45, 7) is 2.51. The minimum absolute atomic E-state index is 0.0167. The summed E-state index contributed by atoms with van der Waals surface area (Å²) in [5.41, 5.74) is 1.90. The number of ether oxygens (including phenoxy) is 1. The Morgan fingerprint density at radius 3 is 2.72 bits per heavy atom. The van der Waals surface area contributed by atoms with Crippen LogP contribution in [-0.4, -0.2) is 23.1 Å². The molecule has 0 fully saturated rings. The highest BCUT2D eigenvalue weighted by molar-refractivity contribution is 8.00. The molecule has 0 saturated carbocycles. The van der Waals surface area contributed by atoms with Gasteiger partial charge in [-0.25, -0.2) is 4.98 Å². The molecule has 0 aliphatic carbocycles. The Kier molecular flexibility index (Phi) is 5.32. The number of pyridine rings is 1. The number of nitrogens with zero attached hydrogens (tertiary/aromatic N) is 2. The first-order valence-corrected chi connectivity index (χ1v) is 8.88. The van der Waals surface area contributed by atoms with Gasteiger partial charge in [0.2, 0.25) is 0 Å². The van der Waals surface area contributed by atoms with E-state index in [9.17, 15) is 10.1 Å². The number of thioether (sulfide) groups is 1. The number of fused-ring (bicyclic) bond motifs is 1. The third-order valence-corrected chi connectivity index (χ3v) is 4.61. The molecule has 0 aliphatic rings. The van der Waals surface area contributed by atoms with Crippen molar-refractivity contribution in [3.63, 3.8) is 0 Å². The summed E-state index contributed by atoms with van der Waals surface area (Å²) in [4.78, 5) is 16.8. The normalized spacial score (nSPS) is 10.4. The van der Waals surface area contributed by atoms with E-state index in [0.29, 0.717) is 22.8 Å². The summed E-state index contributed by atoms with van der Waals surface area (Å²) in [6, 6.07) is 18.7. The molecular formula is C20H16N2O2S. The number of Topliss-reactive ketones (excluding diaryl/α,β-unsaturated/α-hetero) is 1. The summed E-state index contributed by atoms with van der Waals surface area (Å²) >= 11 is 1.29. The molecule has 2 aromatic carbocycles. The number of hydrogen-bond acceptors (Lipinski definition) is 5. The molecule has 0 bridgehead atoms. The van der Waals surface area contributed by atoms with E-state index in [4.69, 9.17) is 4.74 Å². The molecule has 1 heterocycles. The van der Waals surface area contributed by atoms with Crippen LogP contribution in [0.5, 0.6) is 5.75 Å². The van der Waals surface area contributed by atoms with E-state index >= 15 is 0 Å².